The second-order valence-electron chi connectivity index (χ2n) is 6.72. The van der Waals surface area contributed by atoms with Gasteiger partial charge in [0.15, 0.2) is 6.20 Å². The Balaban J connectivity index is 0.000000199. The van der Waals surface area contributed by atoms with Gasteiger partial charge in [-0.1, -0.05) is 35.9 Å². The van der Waals surface area contributed by atoms with Gasteiger partial charge in [-0.25, -0.2) is 13.2 Å². The summed E-state index contributed by atoms with van der Waals surface area (Å²) >= 11 is 0. The molecular weight excluding hydrogens is 404 g/mol. The molecule has 0 saturated carbocycles. The number of hydrogen-bond acceptors (Lipinski definition) is 5. The molecule has 8 heteroatoms. The number of aromatic amines is 1. The minimum Gasteiger partial charge on any atom is -0.744 e. The van der Waals surface area contributed by atoms with Gasteiger partial charge in [0.2, 0.25) is 0 Å². The molecule has 0 bridgehead atoms. The topological polar surface area (TPSA) is 103 Å². The Hall–Kier alpha value is -3.23. The highest BCUT2D eigenvalue weighted by atomic mass is 32.2. The minimum absolute atomic E-state index is 0.178. The van der Waals surface area contributed by atoms with E-state index in [0.29, 0.717) is 12.3 Å². The fourth-order valence-electron chi connectivity index (χ4n) is 3.11. The number of aryl methyl sites for hydroxylation is 2. The SMILES string of the molecule is CCOC(=O)c1c2[nH]c3ccccc3c2cc[n+]1C.Cc1ccc(S(=O)(=O)[O-])cc1. The van der Waals surface area contributed by atoms with Crippen LogP contribution < -0.4 is 4.57 Å². The van der Waals surface area contributed by atoms with Crippen molar-refractivity contribution in [2.75, 3.05) is 6.61 Å². The van der Waals surface area contributed by atoms with Crippen molar-refractivity contribution in [2.45, 2.75) is 18.7 Å². The van der Waals surface area contributed by atoms with Gasteiger partial charge in [-0.15, -0.1) is 0 Å². The molecule has 0 atom stereocenters. The molecule has 0 aliphatic rings. The molecule has 4 aromatic rings. The van der Waals surface area contributed by atoms with Crippen LogP contribution in [0.3, 0.4) is 0 Å². The van der Waals surface area contributed by atoms with E-state index in [9.17, 15) is 17.8 Å². The molecule has 0 aliphatic heterocycles. The molecule has 2 aromatic heterocycles. The van der Waals surface area contributed by atoms with Crippen molar-refractivity contribution in [3.05, 3.63) is 72.1 Å². The zero-order chi connectivity index (χ0) is 21.9. The van der Waals surface area contributed by atoms with E-state index in [-0.39, 0.29) is 10.9 Å². The number of hydrogen-bond donors (Lipinski definition) is 1. The average molecular weight is 426 g/mol. The lowest BCUT2D eigenvalue weighted by Crippen LogP contribution is -2.36. The molecule has 0 spiro atoms. The number of pyridine rings is 1. The van der Waals surface area contributed by atoms with E-state index in [1.165, 1.54) is 12.1 Å². The van der Waals surface area contributed by atoms with Gasteiger partial charge in [0.1, 0.15) is 22.7 Å². The molecule has 0 fully saturated rings. The fraction of sp³-hybridized carbons (Fsp3) is 0.182. The van der Waals surface area contributed by atoms with Crippen LogP contribution >= 0.6 is 0 Å². The van der Waals surface area contributed by atoms with E-state index in [4.69, 9.17) is 4.74 Å². The van der Waals surface area contributed by atoms with Crippen molar-refractivity contribution < 1.29 is 27.1 Å². The molecule has 0 radical (unpaired) electrons. The summed E-state index contributed by atoms with van der Waals surface area (Å²) in [7, 11) is -2.43. The third-order valence-corrected chi connectivity index (χ3v) is 5.43. The number of H-pyrrole nitrogens is 1. The first kappa shape index (κ1) is 21.5. The Bertz CT molecular complexity index is 1310. The van der Waals surface area contributed by atoms with E-state index < -0.39 is 10.1 Å². The molecule has 0 amide bonds. The van der Waals surface area contributed by atoms with Gasteiger partial charge in [-0.3, -0.25) is 0 Å². The summed E-state index contributed by atoms with van der Waals surface area (Å²) in [6.45, 7) is 4.00. The van der Waals surface area contributed by atoms with Crippen LogP contribution in [0.25, 0.3) is 21.8 Å². The third-order valence-electron chi connectivity index (χ3n) is 4.58. The number of rotatable bonds is 3. The first-order valence-electron chi connectivity index (χ1n) is 9.31. The van der Waals surface area contributed by atoms with E-state index in [1.54, 1.807) is 16.7 Å². The minimum atomic E-state index is -4.27. The van der Waals surface area contributed by atoms with Crippen LogP contribution in [0.5, 0.6) is 0 Å². The lowest BCUT2D eigenvalue weighted by molar-refractivity contribution is -0.672. The summed E-state index contributed by atoms with van der Waals surface area (Å²) in [5.74, 6) is -0.304. The molecule has 0 aliphatic carbocycles. The summed E-state index contributed by atoms with van der Waals surface area (Å²) in [6.07, 6.45) is 1.88. The lowest BCUT2D eigenvalue weighted by atomic mass is 10.1. The summed E-state index contributed by atoms with van der Waals surface area (Å²) in [6, 6.07) is 15.8. The van der Waals surface area contributed by atoms with Gasteiger partial charge < -0.3 is 14.3 Å². The predicted octanol–water partition coefficient (Wildman–Crippen LogP) is 3.22. The predicted molar refractivity (Wildman–Crippen MR) is 112 cm³/mol. The van der Waals surface area contributed by atoms with Gasteiger partial charge >= 0.3 is 11.7 Å². The van der Waals surface area contributed by atoms with Crippen LogP contribution in [0.2, 0.25) is 0 Å². The Morgan fingerprint density at radius 1 is 1.07 bits per heavy atom. The van der Waals surface area contributed by atoms with Crippen LogP contribution in [0.4, 0.5) is 0 Å². The number of ether oxygens (including phenoxy) is 1. The summed E-state index contributed by atoms with van der Waals surface area (Å²) in [4.78, 5) is 15.2. The van der Waals surface area contributed by atoms with Crippen LogP contribution in [0.1, 0.15) is 23.0 Å². The first-order chi connectivity index (χ1) is 14.2. The highest BCUT2D eigenvalue weighted by molar-refractivity contribution is 7.85. The van der Waals surface area contributed by atoms with Crippen molar-refractivity contribution in [3.8, 4) is 0 Å². The smallest absolute Gasteiger partial charge is 0.405 e. The molecule has 30 heavy (non-hydrogen) atoms. The highest BCUT2D eigenvalue weighted by Gasteiger charge is 2.24. The number of aromatic nitrogens is 2. The standard InChI is InChI=1S/C15H14N2O2.C7H8O3S/c1-3-19-15(18)14-13-11(8-9-17(14)2)10-6-4-5-7-12(10)16-13;1-6-2-4-7(5-3-6)11(8,9)10/h4-9H,3H2,1-2H3;2-5H,1H3,(H,8,9,10). The zero-order valence-electron chi connectivity index (χ0n) is 16.9. The fourth-order valence-corrected chi connectivity index (χ4v) is 3.58. The Morgan fingerprint density at radius 2 is 1.73 bits per heavy atom. The number of nitrogens with zero attached hydrogens (tertiary/aromatic N) is 1. The Kier molecular flexibility index (Phi) is 6.19. The second kappa shape index (κ2) is 8.64. The maximum atomic E-state index is 12.1. The van der Waals surface area contributed by atoms with Gasteiger partial charge in [0.05, 0.1) is 11.5 Å². The Morgan fingerprint density at radius 3 is 2.37 bits per heavy atom. The molecule has 0 saturated heterocycles. The van der Waals surface area contributed by atoms with Crippen molar-refractivity contribution in [3.63, 3.8) is 0 Å². The van der Waals surface area contributed by atoms with Crippen molar-refractivity contribution in [1.29, 1.82) is 0 Å². The maximum absolute atomic E-state index is 12.1. The third kappa shape index (κ3) is 4.50. The van der Waals surface area contributed by atoms with E-state index in [0.717, 1.165) is 27.4 Å². The monoisotopic (exact) mass is 426 g/mol. The Labute approximate surface area is 174 Å². The molecule has 156 valence electrons. The lowest BCUT2D eigenvalue weighted by Gasteiger charge is -2.05. The molecular formula is C22H22N2O5S. The van der Waals surface area contributed by atoms with Crippen LogP contribution in [0, 0.1) is 6.92 Å². The van der Waals surface area contributed by atoms with Crippen molar-refractivity contribution in [2.24, 2.45) is 7.05 Å². The van der Waals surface area contributed by atoms with Gasteiger partial charge in [-0.05, 0) is 32.0 Å². The van der Waals surface area contributed by atoms with Crippen LogP contribution in [-0.4, -0.2) is 30.5 Å². The number of carbonyl (C=O) groups excluding carboxylic acids is 1. The zero-order valence-corrected chi connectivity index (χ0v) is 17.7. The van der Waals surface area contributed by atoms with Gasteiger partial charge in [0.25, 0.3) is 0 Å². The van der Waals surface area contributed by atoms with E-state index in [1.807, 2.05) is 57.4 Å². The molecule has 4 rings (SSSR count). The first-order valence-corrected chi connectivity index (χ1v) is 10.7. The molecule has 7 nitrogen and oxygen atoms in total. The van der Waals surface area contributed by atoms with Gasteiger partial charge in [0, 0.05) is 22.4 Å². The second-order valence-corrected chi connectivity index (χ2v) is 8.10. The summed E-state index contributed by atoms with van der Waals surface area (Å²) in [5, 5.41) is 2.15. The van der Waals surface area contributed by atoms with E-state index in [2.05, 4.69) is 4.98 Å². The molecule has 2 aromatic carbocycles. The van der Waals surface area contributed by atoms with Crippen LogP contribution in [-0.2, 0) is 21.9 Å². The molecule has 1 N–H and O–H groups in total. The molecule has 0 unspecified atom stereocenters. The number of para-hydroxylation sites is 1. The van der Waals surface area contributed by atoms with Crippen molar-refractivity contribution >= 4 is 37.9 Å². The number of benzene rings is 2. The largest absolute Gasteiger partial charge is 0.744 e. The maximum Gasteiger partial charge on any atom is 0.405 e. The number of nitrogens with one attached hydrogen (secondary N) is 1. The van der Waals surface area contributed by atoms with Gasteiger partial charge in [-0.2, -0.15) is 4.57 Å². The number of esters is 1. The number of carbonyl (C=O) groups is 1. The summed E-state index contributed by atoms with van der Waals surface area (Å²) in [5.41, 5.74) is 3.33. The normalized spacial score (nSPS) is 11.2. The van der Waals surface area contributed by atoms with Crippen molar-refractivity contribution in [1.82, 2.24) is 4.98 Å². The average Bonchev–Trinajstić information content (AvgIpc) is 3.06. The summed E-state index contributed by atoms with van der Waals surface area (Å²) < 4.78 is 38.1. The molecule has 2 heterocycles. The van der Waals surface area contributed by atoms with E-state index >= 15 is 0 Å². The quantitative estimate of drug-likeness (QED) is 0.308. The number of fused-ring (bicyclic) bond motifs is 3. The van der Waals surface area contributed by atoms with Crippen LogP contribution in [0.15, 0.2) is 65.7 Å². The highest BCUT2D eigenvalue weighted by Crippen LogP contribution is 2.26.